The van der Waals surface area contributed by atoms with Crippen molar-refractivity contribution in [1.29, 1.82) is 0 Å². The topological polar surface area (TPSA) is 98.0 Å². The van der Waals surface area contributed by atoms with Crippen LogP contribution in [0.3, 0.4) is 0 Å². The van der Waals surface area contributed by atoms with Gasteiger partial charge in [-0.3, -0.25) is 4.89 Å². The van der Waals surface area contributed by atoms with Crippen LogP contribution in [0, 0.1) is 0 Å². The maximum Gasteiger partial charge on any atom is 0.584 e. The van der Waals surface area contributed by atoms with Crippen LogP contribution in [0.2, 0.25) is 0 Å². The first-order valence-corrected chi connectivity index (χ1v) is 22.5. The van der Waals surface area contributed by atoms with Crippen LogP contribution < -0.4 is 23.7 Å². The summed E-state index contributed by atoms with van der Waals surface area (Å²) in [5.74, 6) is 0.837. The number of carbonyl (C=O) groups excluding carboxylic acids is 1. The Balaban J connectivity index is 1.49. The van der Waals surface area contributed by atoms with Crippen LogP contribution in [0.15, 0.2) is 53.5 Å². The van der Waals surface area contributed by atoms with E-state index in [0.717, 1.165) is 18.4 Å². The second-order valence-electron chi connectivity index (χ2n) is 16.5. The lowest BCUT2D eigenvalue weighted by molar-refractivity contribution is -0.683. The zero-order chi connectivity index (χ0) is 38.7. The van der Waals surface area contributed by atoms with E-state index >= 15 is 0 Å². The first-order valence-electron chi connectivity index (χ1n) is 20.0. The molecule has 0 aliphatic carbocycles. The predicted octanol–water partition coefficient (Wildman–Crippen LogP) is 12.6. The van der Waals surface area contributed by atoms with E-state index < -0.39 is 24.7 Å². The van der Waals surface area contributed by atoms with Gasteiger partial charge in [-0.25, -0.2) is 9.36 Å². The molecule has 10 heteroatoms. The summed E-state index contributed by atoms with van der Waals surface area (Å²) in [6.07, 6.45) is 22.3. The van der Waals surface area contributed by atoms with Crippen LogP contribution in [0.5, 0.6) is 17.2 Å². The molecule has 1 amide bonds. The first-order chi connectivity index (χ1) is 25.2. The molecule has 3 aromatic rings. The molecule has 8 nitrogen and oxygen atoms in total. The number of phosphoric ester groups is 1. The number of benzene rings is 2. The Morgan fingerprint density at radius 1 is 0.755 bits per heavy atom. The van der Waals surface area contributed by atoms with Crippen molar-refractivity contribution in [3.8, 4) is 17.2 Å². The van der Waals surface area contributed by atoms with Gasteiger partial charge in [0, 0.05) is 23.2 Å². The Bertz CT molecular complexity index is 1550. The van der Waals surface area contributed by atoms with Crippen molar-refractivity contribution in [2.75, 3.05) is 6.54 Å². The van der Waals surface area contributed by atoms with Gasteiger partial charge in [0.15, 0.2) is 12.7 Å². The molecule has 53 heavy (non-hydrogen) atoms. The van der Waals surface area contributed by atoms with Gasteiger partial charge in [0.05, 0.1) is 5.38 Å². The summed E-state index contributed by atoms with van der Waals surface area (Å²) in [4.78, 5) is 23.9. The number of rotatable bonds is 24. The van der Waals surface area contributed by atoms with Crippen molar-refractivity contribution in [3.63, 3.8) is 0 Å². The quantitative estimate of drug-likeness (QED) is 0.0535. The second kappa shape index (κ2) is 22.5. The highest BCUT2D eigenvalue weighted by Gasteiger charge is 2.33. The minimum atomic E-state index is -4.61. The minimum absolute atomic E-state index is 0.208. The van der Waals surface area contributed by atoms with Crippen molar-refractivity contribution in [2.45, 2.75) is 169 Å². The van der Waals surface area contributed by atoms with E-state index in [0.29, 0.717) is 30.0 Å². The molecular weight excluding hydrogens is 704 g/mol. The van der Waals surface area contributed by atoms with Gasteiger partial charge in [-0.2, -0.15) is 4.57 Å². The summed E-state index contributed by atoms with van der Waals surface area (Å²) >= 11 is 1.59. The smallest absolute Gasteiger partial charge is 0.410 e. The number of thiazole rings is 1. The number of nitrogens with one attached hydrogen (secondary N) is 1. The second-order valence-corrected chi connectivity index (χ2v) is 18.5. The van der Waals surface area contributed by atoms with Crippen molar-refractivity contribution in [1.82, 2.24) is 5.32 Å². The summed E-state index contributed by atoms with van der Waals surface area (Å²) in [6.45, 7) is 15.3. The number of phosphoric acid groups is 1. The van der Waals surface area contributed by atoms with Crippen LogP contribution in [0.1, 0.15) is 168 Å². The van der Waals surface area contributed by atoms with E-state index in [9.17, 15) is 14.3 Å². The summed E-state index contributed by atoms with van der Waals surface area (Å²) in [5, 5.41) is 4.90. The molecule has 3 rings (SSSR count). The number of nitrogens with zero attached hydrogens (tertiary/aromatic N) is 1. The van der Waals surface area contributed by atoms with Crippen molar-refractivity contribution in [2.24, 2.45) is 0 Å². The maximum absolute atomic E-state index is 13.4. The Morgan fingerprint density at radius 3 is 1.81 bits per heavy atom. The Hall–Kier alpha value is -2.87. The number of unbranched alkanes of at least 4 members (excludes halogenated alkanes) is 15. The average Bonchev–Trinajstić information content (AvgIpc) is 3.58. The fourth-order valence-corrected chi connectivity index (χ4v) is 7.85. The third kappa shape index (κ3) is 17.4. The van der Waals surface area contributed by atoms with Gasteiger partial charge >= 0.3 is 13.9 Å². The molecule has 296 valence electrons. The highest BCUT2D eigenvalue weighted by atomic mass is 32.1. The molecule has 1 aromatic heterocycles. The van der Waals surface area contributed by atoms with E-state index in [1.165, 1.54) is 89.9 Å². The molecule has 2 aromatic carbocycles. The third-order valence-electron chi connectivity index (χ3n) is 9.43. The van der Waals surface area contributed by atoms with Crippen LogP contribution in [-0.4, -0.2) is 17.5 Å². The lowest BCUT2D eigenvalue weighted by Crippen LogP contribution is -2.30. The van der Waals surface area contributed by atoms with E-state index in [4.69, 9.17) is 13.8 Å². The van der Waals surface area contributed by atoms with Crippen LogP contribution in [0.25, 0.3) is 0 Å². The minimum Gasteiger partial charge on any atom is -0.410 e. The van der Waals surface area contributed by atoms with Gasteiger partial charge in [0.2, 0.25) is 5.51 Å². The molecule has 0 bridgehead atoms. The molecule has 1 atom stereocenters. The van der Waals surface area contributed by atoms with Crippen molar-refractivity contribution < 1.29 is 32.6 Å². The molecule has 0 saturated heterocycles. The van der Waals surface area contributed by atoms with Gasteiger partial charge in [0.25, 0.3) is 0 Å². The van der Waals surface area contributed by atoms with Crippen molar-refractivity contribution in [3.05, 3.63) is 70.2 Å². The van der Waals surface area contributed by atoms with Crippen molar-refractivity contribution >= 4 is 25.3 Å². The van der Waals surface area contributed by atoms with Crippen LogP contribution in [0.4, 0.5) is 4.79 Å². The highest BCUT2D eigenvalue weighted by Crippen LogP contribution is 2.49. The molecule has 0 fully saturated rings. The molecular formula is C43H68N2O6PS+. The fourth-order valence-electron chi connectivity index (χ4n) is 6.43. The number of aromatic nitrogens is 1. The Kier molecular flexibility index (Phi) is 18.9. The van der Waals surface area contributed by atoms with Crippen LogP contribution >= 0.6 is 19.2 Å². The van der Waals surface area contributed by atoms with E-state index in [1.54, 1.807) is 41.7 Å². The summed E-state index contributed by atoms with van der Waals surface area (Å²) < 4.78 is 32.7. The molecule has 0 saturated carbocycles. The monoisotopic (exact) mass is 771 g/mol. The standard InChI is InChI=1S/C43H67N2O6PS/c1-8-9-10-11-12-13-14-15-16-17-18-19-20-21-22-23-27-44-41(46)49-39-31-38(43(5,6)7)40(32-37(39)42(2,3)4)51-52(47,48)50-36-26-24-25-35(30-36)33-45-28-29-53-34-45/h24-26,28-32,34H,8-23,27,33H2,1-7H3,(H-,44,46,47,48)/p+1. The van der Waals surface area contributed by atoms with Gasteiger partial charge in [-0.1, -0.05) is 168 Å². The zero-order valence-electron chi connectivity index (χ0n) is 33.7. The number of hydrogen-bond donors (Lipinski definition) is 2. The fraction of sp³-hybridized carbons (Fsp3) is 0.628. The SMILES string of the molecule is CCCCCCCCCCCCCCCCCCNC(=O)Oc1cc(C(C)(C)C)c(OP(=O)(O)Oc2cccc(C[n+]3ccsc3)c2)cc1C(C)(C)C. The van der Waals surface area contributed by atoms with Gasteiger partial charge in [-0.05, 0) is 41.5 Å². The predicted molar refractivity (Wildman–Crippen MR) is 219 cm³/mol. The lowest BCUT2D eigenvalue weighted by Gasteiger charge is -2.29. The first kappa shape index (κ1) is 44.5. The number of ether oxygens (including phenoxy) is 1. The number of hydrogen-bond acceptors (Lipinski definition) is 6. The Labute approximate surface area is 324 Å². The largest absolute Gasteiger partial charge is 0.584 e. The van der Waals surface area contributed by atoms with E-state index in [1.807, 2.05) is 69.3 Å². The normalized spacial score (nSPS) is 13.1. The molecule has 0 radical (unpaired) electrons. The maximum atomic E-state index is 13.4. The molecule has 0 aliphatic heterocycles. The summed E-state index contributed by atoms with van der Waals surface area (Å²) in [6, 6.07) is 10.5. The summed E-state index contributed by atoms with van der Waals surface area (Å²) in [5.41, 5.74) is 3.23. The third-order valence-corrected chi connectivity index (χ3v) is 11.0. The van der Waals surface area contributed by atoms with Gasteiger partial charge < -0.3 is 19.1 Å². The molecule has 1 unspecified atom stereocenters. The van der Waals surface area contributed by atoms with Crippen LogP contribution in [-0.2, 0) is 21.9 Å². The highest BCUT2D eigenvalue weighted by molar-refractivity contribution is 7.48. The summed E-state index contributed by atoms with van der Waals surface area (Å²) in [7, 11) is -4.61. The molecule has 0 aliphatic rings. The Morgan fingerprint density at radius 2 is 1.28 bits per heavy atom. The van der Waals surface area contributed by atoms with Gasteiger partial charge in [0.1, 0.15) is 17.2 Å². The van der Waals surface area contributed by atoms with E-state index in [2.05, 4.69) is 12.2 Å². The molecule has 1 heterocycles. The number of carbonyl (C=O) groups is 1. The van der Waals surface area contributed by atoms with Gasteiger partial charge in [-0.15, -0.1) is 0 Å². The van der Waals surface area contributed by atoms with E-state index in [-0.39, 0.29) is 11.5 Å². The average molecular weight is 772 g/mol. The molecule has 2 N–H and O–H groups in total. The number of amides is 1. The molecule has 0 spiro atoms. The lowest BCUT2D eigenvalue weighted by atomic mass is 9.81. The zero-order valence-corrected chi connectivity index (χ0v) is 35.4.